The zero-order chi connectivity index (χ0) is 18.0. The average molecular weight is 424 g/mol. The van der Waals surface area contributed by atoms with Crippen molar-refractivity contribution in [3.63, 3.8) is 0 Å². The molecular weight excluding hydrogens is 406 g/mol. The van der Waals surface area contributed by atoms with Gasteiger partial charge < -0.3 is 0 Å². The van der Waals surface area contributed by atoms with E-state index in [1.807, 2.05) is 31.2 Å². The topological polar surface area (TPSA) is 81.8 Å². The van der Waals surface area contributed by atoms with E-state index in [0.29, 0.717) is 24.5 Å². The largest absolute Gasteiger partial charge is 0.276 e. The van der Waals surface area contributed by atoms with E-state index in [0.717, 1.165) is 10.0 Å². The summed E-state index contributed by atoms with van der Waals surface area (Å²) >= 11 is 3.40. The SMILES string of the molecule is CCn1ncc(S(=O)(=O)Nc2cnn(Cc3ccc(Br)cc3)c2)c1C. The Balaban J connectivity index is 1.76. The maximum atomic E-state index is 12.6. The predicted octanol–water partition coefficient (Wildman–Crippen LogP) is 3.02. The Hall–Kier alpha value is -2.13. The van der Waals surface area contributed by atoms with E-state index >= 15 is 0 Å². The Morgan fingerprint density at radius 2 is 1.88 bits per heavy atom. The van der Waals surface area contributed by atoms with Crippen molar-refractivity contribution in [1.82, 2.24) is 19.6 Å². The summed E-state index contributed by atoms with van der Waals surface area (Å²) < 4.78 is 32.0. The highest BCUT2D eigenvalue weighted by Gasteiger charge is 2.21. The van der Waals surface area contributed by atoms with Crippen LogP contribution in [0.1, 0.15) is 18.2 Å². The number of hydrogen-bond acceptors (Lipinski definition) is 4. The van der Waals surface area contributed by atoms with Crippen LogP contribution in [0.2, 0.25) is 0 Å². The smallest absolute Gasteiger partial charge is 0.265 e. The first-order valence-electron chi connectivity index (χ1n) is 7.71. The number of sulfonamides is 1. The lowest BCUT2D eigenvalue weighted by molar-refractivity contribution is 0.598. The molecule has 0 aliphatic carbocycles. The second-order valence-electron chi connectivity index (χ2n) is 5.57. The number of nitrogens with one attached hydrogen (secondary N) is 1. The Labute approximate surface area is 154 Å². The predicted molar refractivity (Wildman–Crippen MR) is 98.9 cm³/mol. The number of aromatic nitrogens is 4. The molecule has 0 bridgehead atoms. The first-order chi connectivity index (χ1) is 11.9. The summed E-state index contributed by atoms with van der Waals surface area (Å²) in [5.41, 5.74) is 2.10. The molecule has 1 aromatic carbocycles. The van der Waals surface area contributed by atoms with E-state index in [-0.39, 0.29) is 4.90 Å². The van der Waals surface area contributed by atoms with Crippen molar-refractivity contribution in [3.05, 3.63) is 58.6 Å². The standard InChI is InChI=1S/C16H18BrN5O2S/c1-3-22-12(2)16(9-19-22)25(23,24)20-15-8-18-21(11-15)10-13-4-6-14(17)7-5-13/h4-9,11,20H,3,10H2,1-2H3. The van der Waals surface area contributed by atoms with Crippen molar-refractivity contribution in [2.75, 3.05) is 4.72 Å². The van der Waals surface area contributed by atoms with Gasteiger partial charge in [-0.3, -0.25) is 14.1 Å². The molecule has 0 aliphatic rings. The molecule has 0 aliphatic heterocycles. The van der Waals surface area contributed by atoms with Crippen LogP contribution in [0.15, 0.2) is 52.2 Å². The van der Waals surface area contributed by atoms with Gasteiger partial charge in [0.15, 0.2) is 0 Å². The molecule has 0 saturated carbocycles. The molecule has 0 atom stereocenters. The molecule has 3 aromatic rings. The van der Waals surface area contributed by atoms with E-state index < -0.39 is 10.0 Å². The maximum absolute atomic E-state index is 12.6. The van der Waals surface area contributed by atoms with Crippen LogP contribution in [0.3, 0.4) is 0 Å². The molecule has 7 nitrogen and oxygen atoms in total. The van der Waals surface area contributed by atoms with Crippen LogP contribution >= 0.6 is 15.9 Å². The molecule has 25 heavy (non-hydrogen) atoms. The van der Waals surface area contributed by atoms with E-state index in [4.69, 9.17) is 0 Å². The quantitative estimate of drug-likeness (QED) is 0.660. The summed E-state index contributed by atoms with van der Waals surface area (Å²) in [6, 6.07) is 7.88. The van der Waals surface area contributed by atoms with Crippen molar-refractivity contribution < 1.29 is 8.42 Å². The van der Waals surface area contributed by atoms with Crippen molar-refractivity contribution >= 4 is 31.6 Å². The van der Waals surface area contributed by atoms with Crippen molar-refractivity contribution in [2.45, 2.75) is 31.8 Å². The number of anilines is 1. The Morgan fingerprint density at radius 1 is 1.16 bits per heavy atom. The first kappa shape index (κ1) is 17.7. The van der Waals surface area contributed by atoms with Crippen LogP contribution in [-0.4, -0.2) is 28.0 Å². The minimum atomic E-state index is -3.69. The Kier molecular flexibility index (Phi) is 4.96. The third-order valence-electron chi connectivity index (χ3n) is 3.79. The van der Waals surface area contributed by atoms with E-state index in [9.17, 15) is 8.42 Å². The molecule has 2 heterocycles. The normalized spacial score (nSPS) is 11.6. The molecule has 1 N–H and O–H groups in total. The van der Waals surface area contributed by atoms with Crippen LogP contribution in [0.25, 0.3) is 0 Å². The third kappa shape index (κ3) is 3.93. The van der Waals surface area contributed by atoms with Crippen molar-refractivity contribution in [3.8, 4) is 0 Å². The van der Waals surface area contributed by atoms with Crippen LogP contribution < -0.4 is 4.72 Å². The summed E-state index contributed by atoms with van der Waals surface area (Å²) in [4.78, 5) is 0.176. The molecule has 0 radical (unpaired) electrons. The monoisotopic (exact) mass is 423 g/mol. The Morgan fingerprint density at radius 3 is 2.52 bits per heavy atom. The van der Waals surface area contributed by atoms with Crippen LogP contribution in [0.5, 0.6) is 0 Å². The number of aryl methyl sites for hydroxylation is 1. The lowest BCUT2D eigenvalue weighted by atomic mass is 10.2. The molecule has 0 spiro atoms. The van der Waals surface area contributed by atoms with E-state index in [2.05, 4.69) is 30.8 Å². The van der Waals surface area contributed by atoms with Gasteiger partial charge in [0.05, 0.1) is 30.3 Å². The highest BCUT2D eigenvalue weighted by Crippen LogP contribution is 2.19. The van der Waals surface area contributed by atoms with Crippen LogP contribution in [0.4, 0.5) is 5.69 Å². The zero-order valence-electron chi connectivity index (χ0n) is 13.8. The van der Waals surface area contributed by atoms with Gasteiger partial charge in [-0.25, -0.2) is 8.42 Å². The van der Waals surface area contributed by atoms with Gasteiger partial charge in [0.25, 0.3) is 10.0 Å². The van der Waals surface area contributed by atoms with Gasteiger partial charge in [0, 0.05) is 17.2 Å². The van der Waals surface area contributed by atoms with Gasteiger partial charge >= 0.3 is 0 Å². The van der Waals surface area contributed by atoms with Crippen LogP contribution in [-0.2, 0) is 23.1 Å². The molecule has 0 saturated heterocycles. The summed E-state index contributed by atoms with van der Waals surface area (Å²) in [6.45, 7) is 4.83. The number of rotatable bonds is 6. The maximum Gasteiger partial charge on any atom is 0.265 e. The second-order valence-corrected chi connectivity index (χ2v) is 8.14. The van der Waals surface area contributed by atoms with Crippen molar-refractivity contribution in [1.29, 1.82) is 0 Å². The average Bonchev–Trinajstić information content (AvgIpc) is 3.15. The lowest BCUT2D eigenvalue weighted by Crippen LogP contribution is -2.13. The number of halogens is 1. The third-order valence-corrected chi connectivity index (χ3v) is 5.80. The summed E-state index contributed by atoms with van der Waals surface area (Å²) in [5.74, 6) is 0. The molecule has 0 amide bonds. The summed E-state index contributed by atoms with van der Waals surface area (Å²) in [6.07, 6.45) is 4.53. The highest BCUT2D eigenvalue weighted by molar-refractivity contribution is 9.10. The molecule has 0 fully saturated rings. The molecule has 0 unspecified atom stereocenters. The van der Waals surface area contributed by atoms with Gasteiger partial charge in [-0.1, -0.05) is 28.1 Å². The van der Waals surface area contributed by atoms with Gasteiger partial charge in [-0.05, 0) is 31.5 Å². The first-order valence-corrected chi connectivity index (χ1v) is 9.99. The molecular formula is C16H18BrN5O2S. The van der Waals surface area contributed by atoms with Crippen LogP contribution in [0, 0.1) is 6.92 Å². The molecule has 9 heteroatoms. The van der Waals surface area contributed by atoms with E-state index in [1.165, 1.54) is 12.4 Å². The number of nitrogens with zero attached hydrogens (tertiary/aromatic N) is 4. The van der Waals surface area contributed by atoms with Gasteiger partial charge in [0.2, 0.25) is 0 Å². The number of hydrogen-bond donors (Lipinski definition) is 1. The minimum absolute atomic E-state index is 0.176. The van der Waals surface area contributed by atoms with Gasteiger partial charge in [-0.15, -0.1) is 0 Å². The van der Waals surface area contributed by atoms with Crippen molar-refractivity contribution in [2.24, 2.45) is 0 Å². The summed E-state index contributed by atoms with van der Waals surface area (Å²) in [7, 11) is -3.69. The fraction of sp³-hybridized carbons (Fsp3) is 0.250. The Bertz CT molecular complexity index is 976. The fourth-order valence-electron chi connectivity index (χ4n) is 2.50. The lowest BCUT2D eigenvalue weighted by Gasteiger charge is -2.06. The van der Waals surface area contributed by atoms with Gasteiger partial charge in [-0.2, -0.15) is 10.2 Å². The minimum Gasteiger partial charge on any atom is -0.276 e. The zero-order valence-corrected chi connectivity index (χ0v) is 16.2. The van der Waals surface area contributed by atoms with E-state index in [1.54, 1.807) is 22.5 Å². The fourth-order valence-corrected chi connectivity index (χ4v) is 3.97. The molecule has 2 aromatic heterocycles. The highest BCUT2D eigenvalue weighted by atomic mass is 79.9. The van der Waals surface area contributed by atoms with Gasteiger partial charge in [0.1, 0.15) is 4.90 Å². The number of benzene rings is 1. The summed E-state index contributed by atoms with van der Waals surface area (Å²) in [5, 5.41) is 8.30. The molecule has 132 valence electrons. The second kappa shape index (κ2) is 7.01. The molecule has 3 rings (SSSR count).